The first-order valence-corrected chi connectivity index (χ1v) is 9.99. The molecular weight excluding hydrogens is 426 g/mol. The van der Waals surface area contributed by atoms with E-state index in [2.05, 4.69) is 20.9 Å². The van der Waals surface area contributed by atoms with Crippen LogP contribution in [0.2, 0.25) is 0 Å². The molecule has 14 nitrogen and oxygen atoms in total. The molecule has 0 radical (unpaired) electrons. The van der Waals surface area contributed by atoms with Crippen LogP contribution in [0.5, 0.6) is 0 Å². The Balaban J connectivity index is 5.34. The molecule has 182 valence electrons. The van der Waals surface area contributed by atoms with Gasteiger partial charge < -0.3 is 43.4 Å². The van der Waals surface area contributed by atoms with Gasteiger partial charge in [0.2, 0.25) is 17.7 Å². The van der Waals surface area contributed by atoms with Crippen LogP contribution in [-0.4, -0.2) is 77.0 Å². The van der Waals surface area contributed by atoms with Crippen LogP contribution in [0.3, 0.4) is 0 Å². The lowest BCUT2D eigenvalue weighted by molar-refractivity contribution is -0.143. The second-order valence-electron chi connectivity index (χ2n) is 7.34. The molecule has 0 aromatic heterocycles. The smallest absolute Gasteiger partial charge is 0.326 e. The third-order valence-corrected chi connectivity index (χ3v) is 4.29. The Morgan fingerprint density at radius 3 is 1.97 bits per heavy atom. The minimum absolute atomic E-state index is 0.00136. The quantitative estimate of drug-likeness (QED) is 0.0702. The highest BCUT2D eigenvalue weighted by molar-refractivity contribution is 5.93. The maximum atomic E-state index is 12.7. The van der Waals surface area contributed by atoms with Crippen LogP contribution in [0.1, 0.15) is 39.5 Å². The van der Waals surface area contributed by atoms with E-state index in [4.69, 9.17) is 22.3 Å². The SMILES string of the molecule is CC(C)C(NC(=O)CN)C(=O)NC(CCC(=O)O)C(=O)NC(CCCN=C(N)N)C(=O)O. The molecule has 3 atom stereocenters. The summed E-state index contributed by atoms with van der Waals surface area (Å²) in [6.07, 6.45) is -0.495. The molecule has 14 heteroatoms. The summed E-state index contributed by atoms with van der Waals surface area (Å²) in [6.45, 7) is 3.12. The first-order valence-electron chi connectivity index (χ1n) is 9.99. The van der Waals surface area contributed by atoms with Crippen LogP contribution in [0.15, 0.2) is 4.99 Å². The zero-order valence-electron chi connectivity index (χ0n) is 18.2. The van der Waals surface area contributed by atoms with E-state index in [9.17, 15) is 29.1 Å². The normalized spacial score (nSPS) is 13.4. The third kappa shape index (κ3) is 11.7. The number of aliphatic imine (C=N–C) groups is 1. The van der Waals surface area contributed by atoms with Crippen LogP contribution < -0.4 is 33.2 Å². The van der Waals surface area contributed by atoms with Crippen molar-refractivity contribution >= 4 is 35.6 Å². The van der Waals surface area contributed by atoms with Gasteiger partial charge in [-0.3, -0.25) is 24.2 Å². The van der Waals surface area contributed by atoms with Crippen molar-refractivity contribution in [2.24, 2.45) is 28.1 Å². The van der Waals surface area contributed by atoms with Gasteiger partial charge in [0.1, 0.15) is 18.1 Å². The Kier molecular flexibility index (Phi) is 13.0. The first-order chi connectivity index (χ1) is 14.9. The predicted molar refractivity (Wildman–Crippen MR) is 114 cm³/mol. The lowest BCUT2D eigenvalue weighted by Gasteiger charge is -2.26. The van der Waals surface area contributed by atoms with E-state index in [1.807, 2.05) is 0 Å². The Morgan fingerprint density at radius 1 is 0.906 bits per heavy atom. The summed E-state index contributed by atoms with van der Waals surface area (Å²) in [4.78, 5) is 63.1. The first kappa shape index (κ1) is 28.6. The minimum Gasteiger partial charge on any atom is -0.481 e. The van der Waals surface area contributed by atoms with Crippen molar-refractivity contribution in [2.75, 3.05) is 13.1 Å². The molecule has 0 fully saturated rings. The van der Waals surface area contributed by atoms with Gasteiger partial charge in [0, 0.05) is 13.0 Å². The highest BCUT2D eigenvalue weighted by Gasteiger charge is 2.30. The van der Waals surface area contributed by atoms with E-state index in [0.29, 0.717) is 0 Å². The molecule has 0 aromatic rings. The predicted octanol–water partition coefficient (Wildman–Crippen LogP) is -2.94. The monoisotopic (exact) mass is 459 g/mol. The summed E-state index contributed by atoms with van der Waals surface area (Å²) in [5.74, 6) is -5.23. The van der Waals surface area contributed by atoms with Crippen molar-refractivity contribution < 1.29 is 34.2 Å². The Labute approximate surface area is 185 Å². The van der Waals surface area contributed by atoms with Crippen LogP contribution in [0.25, 0.3) is 0 Å². The number of hydrogen-bond donors (Lipinski definition) is 8. The molecule has 32 heavy (non-hydrogen) atoms. The van der Waals surface area contributed by atoms with Gasteiger partial charge in [-0.2, -0.15) is 0 Å². The van der Waals surface area contributed by atoms with Crippen molar-refractivity contribution in [2.45, 2.75) is 57.7 Å². The largest absolute Gasteiger partial charge is 0.481 e. The maximum Gasteiger partial charge on any atom is 0.326 e. The molecule has 0 rings (SSSR count). The van der Waals surface area contributed by atoms with Crippen LogP contribution in [0, 0.1) is 5.92 Å². The van der Waals surface area contributed by atoms with E-state index in [0.717, 1.165) is 0 Å². The van der Waals surface area contributed by atoms with Gasteiger partial charge in [-0.05, 0) is 25.2 Å². The highest BCUT2D eigenvalue weighted by atomic mass is 16.4. The summed E-state index contributed by atoms with van der Waals surface area (Å²) in [6, 6.07) is -3.67. The molecule has 0 aromatic carbocycles. The molecule has 11 N–H and O–H groups in total. The fourth-order valence-electron chi connectivity index (χ4n) is 2.60. The Hall–Kier alpha value is -3.42. The van der Waals surface area contributed by atoms with Crippen molar-refractivity contribution in [1.29, 1.82) is 0 Å². The van der Waals surface area contributed by atoms with E-state index in [-0.39, 0.29) is 44.2 Å². The second kappa shape index (κ2) is 14.6. The maximum absolute atomic E-state index is 12.7. The molecular formula is C18H33N7O7. The number of aliphatic carboxylic acids is 2. The van der Waals surface area contributed by atoms with Gasteiger partial charge in [0.15, 0.2) is 5.96 Å². The highest BCUT2D eigenvalue weighted by Crippen LogP contribution is 2.06. The van der Waals surface area contributed by atoms with E-state index < -0.39 is 54.2 Å². The van der Waals surface area contributed by atoms with Gasteiger partial charge in [0.05, 0.1) is 6.54 Å². The topological polar surface area (TPSA) is 252 Å². The number of nitrogens with one attached hydrogen (secondary N) is 3. The fourth-order valence-corrected chi connectivity index (χ4v) is 2.60. The standard InChI is InChI=1S/C18H33N7O7/c1-9(2)14(25-12(26)8-19)16(30)23-10(5-6-13(27)28)15(29)24-11(17(31)32)4-3-7-22-18(20)21/h9-11,14H,3-8,19H2,1-2H3,(H,23,30)(H,24,29)(H,25,26)(H,27,28)(H,31,32)(H4,20,21,22). The van der Waals surface area contributed by atoms with Crippen LogP contribution in [-0.2, 0) is 24.0 Å². The van der Waals surface area contributed by atoms with Crippen LogP contribution >= 0.6 is 0 Å². The van der Waals surface area contributed by atoms with Gasteiger partial charge in [-0.1, -0.05) is 13.8 Å². The lowest BCUT2D eigenvalue weighted by atomic mass is 10.0. The molecule has 0 aliphatic rings. The molecule has 0 heterocycles. The van der Waals surface area contributed by atoms with Gasteiger partial charge in [-0.15, -0.1) is 0 Å². The number of carbonyl (C=O) groups excluding carboxylic acids is 3. The molecule has 0 spiro atoms. The fraction of sp³-hybridized carbons (Fsp3) is 0.667. The molecule has 0 saturated carbocycles. The zero-order chi connectivity index (χ0) is 24.8. The number of amides is 3. The molecule has 0 aliphatic heterocycles. The third-order valence-electron chi connectivity index (χ3n) is 4.29. The van der Waals surface area contributed by atoms with E-state index in [1.165, 1.54) is 0 Å². The van der Waals surface area contributed by atoms with Crippen molar-refractivity contribution in [3.63, 3.8) is 0 Å². The van der Waals surface area contributed by atoms with E-state index >= 15 is 0 Å². The summed E-state index contributed by atoms with van der Waals surface area (Å²) in [7, 11) is 0. The Bertz CT molecular complexity index is 708. The average molecular weight is 460 g/mol. The Morgan fingerprint density at radius 2 is 1.50 bits per heavy atom. The summed E-state index contributed by atoms with van der Waals surface area (Å²) in [5.41, 5.74) is 15.6. The molecule has 3 unspecified atom stereocenters. The number of carbonyl (C=O) groups is 5. The molecule has 0 aliphatic carbocycles. The summed E-state index contributed by atoms with van der Waals surface area (Å²) < 4.78 is 0. The number of carboxylic acid groups (broad SMARTS) is 2. The number of nitrogens with two attached hydrogens (primary N) is 3. The molecule has 3 amide bonds. The van der Waals surface area contributed by atoms with Gasteiger partial charge in [0.25, 0.3) is 0 Å². The van der Waals surface area contributed by atoms with Crippen molar-refractivity contribution in [3.8, 4) is 0 Å². The minimum atomic E-state index is -1.34. The van der Waals surface area contributed by atoms with E-state index in [1.54, 1.807) is 13.8 Å². The summed E-state index contributed by atoms with van der Waals surface area (Å²) in [5, 5.41) is 25.4. The number of nitrogens with zero attached hydrogens (tertiary/aromatic N) is 1. The second-order valence-corrected chi connectivity index (χ2v) is 7.34. The zero-order valence-corrected chi connectivity index (χ0v) is 18.2. The van der Waals surface area contributed by atoms with Crippen molar-refractivity contribution in [1.82, 2.24) is 16.0 Å². The van der Waals surface area contributed by atoms with Crippen molar-refractivity contribution in [3.05, 3.63) is 0 Å². The summed E-state index contributed by atoms with van der Waals surface area (Å²) >= 11 is 0. The number of guanidine groups is 1. The molecule has 0 saturated heterocycles. The number of rotatable bonds is 15. The van der Waals surface area contributed by atoms with Crippen LogP contribution in [0.4, 0.5) is 0 Å². The number of carboxylic acids is 2. The lowest BCUT2D eigenvalue weighted by Crippen LogP contribution is -2.57. The van der Waals surface area contributed by atoms with Gasteiger partial charge >= 0.3 is 11.9 Å². The number of hydrogen-bond acceptors (Lipinski definition) is 7. The molecule has 0 bridgehead atoms. The average Bonchev–Trinajstić information content (AvgIpc) is 2.69. The van der Waals surface area contributed by atoms with Gasteiger partial charge in [-0.25, -0.2) is 4.79 Å².